The molecule has 2 aromatic carbocycles. The van der Waals surface area contributed by atoms with Crippen molar-refractivity contribution >= 4 is 17.5 Å². The van der Waals surface area contributed by atoms with Crippen LogP contribution in [-0.4, -0.2) is 46.0 Å². The molecule has 7 heteroatoms. The van der Waals surface area contributed by atoms with Crippen molar-refractivity contribution in [2.24, 2.45) is 0 Å². The van der Waals surface area contributed by atoms with Gasteiger partial charge in [-0.2, -0.15) is 0 Å². The number of amides is 2. The number of nitrogens with zero attached hydrogens (tertiary/aromatic N) is 3. The van der Waals surface area contributed by atoms with Gasteiger partial charge in [0.1, 0.15) is 12.4 Å². The topological polar surface area (TPSA) is 76.5 Å². The van der Waals surface area contributed by atoms with Gasteiger partial charge in [0.15, 0.2) is 0 Å². The molecule has 0 atom stereocenters. The van der Waals surface area contributed by atoms with E-state index in [4.69, 9.17) is 4.74 Å². The zero-order valence-electron chi connectivity index (χ0n) is 17.6. The fraction of sp³-hybridized carbons (Fsp3) is 0.292. The van der Waals surface area contributed by atoms with E-state index in [1.807, 2.05) is 65.7 Å². The van der Waals surface area contributed by atoms with Gasteiger partial charge in [-0.25, -0.2) is 4.98 Å². The Morgan fingerprint density at radius 2 is 1.90 bits per heavy atom. The van der Waals surface area contributed by atoms with Crippen LogP contribution < -0.4 is 5.32 Å². The molecule has 0 unspecified atom stereocenters. The molecular formula is C24H26N4O3. The van der Waals surface area contributed by atoms with E-state index in [0.29, 0.717) is 32.7 Å². The third kappa shape index (κ3) is 5.19. The molecule has 1 aliphatic rings. The summed E-state index contributed by atoms with van der Waals surface area (Å²) in [5, 5.41) is 2.82. The quantitative estimate of drug-likeness (QED) is 0.667. The van der Waals surface area contributed by atoms with Gasteiger partial charge in [-0.15, -0.1) is 0 Å². The molecule has 0 radical (unpaired) electrons. The molecule has 0 spiro atoms. The van der Waals surface area contributed by atoms with Crippen molar-refractivity contribution in [2.75, 3.05) is 25.0 Å². The first-order valence-corrected chi connectivity index (χ1v) is 10.4. The molecule has 0 saturated heterocycles. The number of rotatable bonds is 6. The number of benzene rings is 2. The number of imidazole rings is 1. The van der Waals surface area contributed by atoms with E-state index in [0.717, 1.165) is 28.3 Å². The van der Waals surface area contributed by atoms with Crippen LogP contribution in [0.3, 0.4) is 0 Å². The van der Waals surface area contributed by atoms with Gasteiger partial charge in [-0.05, 0) is 17.7 Å². The first kappa shape index (κ1) is 20.8. The third-order valence-electron chi connectivity index (χ3n) is 5.31. The van der Waals surface area contributed by atoms with Gasteiger partial charge in [-0.1, -0.05) is 42.5 Å². The highest BCUT2D eigenvalue weighted by molar-refractivity contribution is 5.89. The number of anilines is 1. The Morgan fingerprint density at radius 1 is 1.06 bits per heavy atom. The first-order valence-electron chi connectivity index (χ1n) is 10.4. The van der Waals surface area contributed by atoms with E-state index >= 15 is 0 Å². The summed E-state index contributed by atoms with van der Waals surface area (Å²) in [4.78, 5) is 30.4. The smallest absolute Gasteiger partial charge is 0.248 e. The van der Waals surface area contributed by atoms with Gasteiger partial charge in [-0.3, -0.25) is 9.59 Å². The van der Waals surface area contributed by atoms with Crippen LogP contribution in [0.25, 0.3) is 11.3 Å². The second-order valence-corrected chi connectivity index (χ2v) is 7.58. The van der Waals surface area contributed by atoms with Gasteiger partial charge < -0.3 is 19.5 Å². The number of carbonyl (C=O) groups is 2. The normalized spacial score (nSPS) is 13.4. The molecule has 2 heterocycles. The molecule has 3 aromatic rings. The average molecular weight is 418 g/mol. The molecule has 0 aliphatic carbocycles. The van der Waals surface area contributed by atoms with Crippen LogP contribution in [0.2, 0.25) is 0 Å². The highest BCUT2D eigenvalue weighted by Gasteiger charge is 2.21. The van der Waals surface area contributed by atoms with Crippen molar-refractivity contribution in [3.63, 3.8) is 0 Å². The molecule has 0 saturated carbocycles. The lowest BCUT2D eigenvalue weighted by atomic mass is 10.1. The number of nitrogens with one attached hydrogen (secondary N) is 1. The number of carbonyl (C=O) groups excluding carboxylic acids is 2. The van der Waals surface area contributed by atoms with Crippen LogP contribution in [0.1, 0.15) is 18.3 Å². The summed E-state index contributed by atoms with van der Waals surface area (Å²) in [6, 6.07) is 17.6. The Bertz CT molecular complexity index is 1060. The van der Waals surface area contributed by atoms with E-state index in [9.17, 15) is 9.59 Å². The van der Waals surface area contributed by atoms with Crippen LogP contribution in [0.15, 0.2) is 60.8 Å². The predicted molar refractivity (Wildman–Crippen MR) is 118 cm³/mol. The van der Waals surface area contributed by atoms with Crippen molar-refractivity contribution in [2.45, 2.75) is 26.5 Å². The minimum absolute atomic E-state index is 0.00381. The fourth-order valence-corrected chi connectivity index (χ4v) is 3.79. The summed E-state index contributed by atoms with van der Waals surface area (Å²) in [6.45, 7) is 3.89. The number of hydrogen-bond acceptors (Lipinski definition) is 4. The maximum absolute atomic E-state index is 12.6. The number of aromatic nitrogens is 2. The average Bonchev–Trinajstić information content (AvgIpc) is 3.05. The summed E-state index contributed by atoms with van der Waals surface area (Å²) in [5.74, 6) is 0.851. The lowest BCUT2D eigenvalue weighted by Gasteiger charge is -2.20. The van der Waals surface area contributed by atoms with Gasteiger partial charge in [0.2, 0.25) is 11.8 Å². The lowest BCUT2D eigenvalue weighted by molar-refractivity contribution is -0.136. The van der Waals surface area contributed by atoms with E-state index < -0.39 is 0 Å². The summed E-state index contributed by atoms with van der Waals surface area (Å²) in [5.41, 5.74) is 3.77. The van der Waals surface area contributed by atoms with Crippen LogP contribution >= 0.6 is 0 Å². The van der Waals surface area contributed by atoms with Crippen molar-refractivity contribution in [3.8, 4) is 11.3 Å². The van der Waals surface area contributed by atoms with Crippen LogP contribution in [0.4, 0.5) is 5.69 Å². The minimum atomic E-state index is -0.104. The van der Waals surface area contributed by atoms with Crippen molar-refractivity contribution in [1.29, 1.82) is 0 Å². The molecule has 4 rings (SSSR count). The maximum atomic E-state index is 12.6. The second kappa shape index (κ2) is 9.57. The summed E-state index contributed by atoms with van der Waals surface area (Å²) < 4.78 is 7.78. The fourth-order valence-electron chi connectivity index (χ4n) is 3.79. The standard InChI is InChI=1S/C24H26N4O3/c1-18(29)26-21-9-5-8-20(14-21)22-15-25-23-10-11-27(12-13-28(22)23)24(30)17-31-16-19-6-3-2-4-7-19/h2-9,14-15H,10-13,16-17H2,1H3,(H,26,29). The number of fused-ring (bicyclic) bond motifs is 1. The Morgan fingerprint density at radius 3 is 2.71 bits per heavy atom. The molecule has 1 N–H and O–H groups in total. The second-order valence-electron chi connectivity index (χ2n) is 7.58. The molecule has 31 heavy (non-hydrogen) atoms. The molecule has 7 nitrogen and oxygen atoms in total. The van der Waals surface area contributed by atoms with Crippen LogP contribution in [-0.2, 0) is 33.9 Å². The summed E-state index contributed by atoms with van der Waals surface area (Å²) in [6.07, 6.45) is 2.55. The molecule has 160 valence electrons. The SMILES string of the molecule is CC(=O)Nc1cccc(-c2cnc3n2CCN(C(=O)COCc2ccccc2)CC3)c1. The monoisotopic (exact) mass is 418 g/mol. The predicted octanol–water partition coefficient (Wildman–Crippen LogP) is 3.11. The van der Waals surface area contributed by atoms with Gasteiger partial charge >= 0.3 is 0 Å². The molecule has 2 amide bonds. The van der Waals surface area contributed by atoms with E-state index in [-0.39, 0.29) is 18.4 Å². The van der Waals surface area contributed by atoms with Crippen LogP contribution in [0, 0.1) is 0 Å². The first-order chi connectivity index (χ1) is 15.1. The van der Waals surface area contributed by atoms with Crippen LogP contribution in [0.5, 0.6) is 0 Å². The lowest BCUT2D eigenvalue weighted by Crippen LogP contribution is -2.36. The van der Waals surface area contributed by atoms with Crippen molar-refractivity contribution in [3.05, 3.63) is 72.2 Å². The summed E-state index contributed by atoms with van der Waals surface area (Å²) in [7, 11) is 0. The minimum Gasteiger partial charge on any atom is -0.367 e. The van der Waals surface area contributed by atoms with E-state index in [1.54, 1.807) is 0 Å². The van der Waals surface area contributed by atoms with Gasteiger partial charge in [0.25, 0.3) is 0 Å². The Hall–Kier alpha value is -3.45. The largest absolute Gasteiger partial charge is 0.367 e. The van der Waals surface area contributed by atoms with Crippen molar-refractivity contribution in [1.82, 2.24) is 14.5 Å². The number of hydrogen-bond donors (Lipinski definition) is 1. The zero-order valence-corrected chi connectivity index (χ0v) is 17.6. The maximum Gasteiger partial charge on any atom is 0.248 e. The highest BCUT2D eigenvalue weighted by atomic mass is 16.5. The van der Waals surface area contributed by atoms with Gasteiger partial charge in [0.05, 0.1) is 18.5 Å². The Kier molecular flexibility index (Phi) is 6.43. The third-order valence-corrected chi connectivity index (χ3v) is 5.31. The molecular weight excluding hydrogens is 392 g/mol. The highest BCUT2D eigenvalue weighted by Crippen LogP contribution is 2.25. The van der Waals surface area contributed by atoms with Crippen molar-refractivity contribution < 1.29 is 14.3 Å². The Balaban J connectivity index is 1.39. The van der Waals surface area contributed by atoms with E-state index in [2.05, 4.69) is 14.9 Å². The zero-order chi connectivity index (χ0) is 21.6. The molecule has 1 aliphatic heterocycles. The van der Waals surface area contributed by atoms with E-state index in [1.165, 1.54) is 6.92 Å². The Labute approximate surface area is 181 Å². The summed E-state index contributed by atoms with van der Waals surface area (Å²) >= 11 is 0. The molecule has 1 aromatic heterocycles. The molecule has 0 bridgehead atoms. The molecule has 0 fully saturated rings. The number of ether oxygens (including phenoxy) is 1. The van der Waals surface area contributed by atoms with Gasteiger partial charge in [0, 0.05) is 44.2 Å².